The van der Waals surface area contributed by atoms with Crippen molar-refractivity contribution in [1.82, 2.24) is 9.88 Å². The van der Waals surface area contributed by atoms with Crippen molar-refractivity contribution in [2.45, 2.75) is 45.7 Å². The number of aliphatic carboxylic acids is 1. The van der Waals surface area contributed by atoms with Crippen LogP contribution in [0.1, 0.15) is 31.7 Å². The summed E-state index contributed by atoms with van der Waals surface area (Å²) in [5.74, 6) is -1.52. The number of hydrogen-bond acceptors (Lipinski definition) is 3. The van der Waals surface area contributed by atoms with E-state index in [4.69, 9.17) is 5.11 Å². The molecule has 0 aromatic carbocycles. The lowest BCUT2D eigenvalue weighted by Gasteiger charge is -2.14. The van der Waals surface area contributed by atoms with E-state index in [9.17, 15) is 14.4 Å². The van der Waals surface area contributed by atoms with Gasteiger partial charge in [-0.15, -0.1) is 0 Å². The van der Waals surface area contributed by atoms with E-state index in [1.54, 1.807) is 19.1 Å². The van der Waals surface area contributed by atoms with Crippen molar-refractivity contribution in [1.29, 1.82) is 0 Å². The first-order valence-corrected chi connectivity index (χ1v) is 6.64. The molecule has 1 atom stereocenters. The molecule has 1 amide bonds. The zero-order valence-electron chi connectivity index (χ0n) is 11.8. The number of carbonyl (C=O) groups is 2. The van der Waals surface area contributed by atoms with Crippen molar-refractivity contribution in [3.05, 3.63) is 34.2 Å². The summed E-state index contributed by atoms with van der Waals surface area (Å²) >= 11 is 0. The second-order valence-corrected chi connectivity index (χ2v) is 4.72. The highest BCUT2D eigenvalue weighted by molar-refractivity contribution is 5.83. The molecule has 0 saturated carbocycles. The minimum atomic E-state index is -1.05. The predicted molar refractivity (Wildman–Crippen MR) is 74.5 cm³/mol. The van der Waals surface area contributed by atoms with Gasteiger partial charge in [0.1, 0.15) is 12.6 Å². The van der Waals surface area contributed by atoms with Crippen LogP contribution in [-0.2, 0) is 16.1 Å². The zero-order valence-corrected chi connectivity index (χ0v) is 11.8. The summed E-state index contributed by atoms with van der Waals surface area (Å²) in [6.07, 6.45) is 3.48. The largest absolute Gasteiger partial charge is 0.480 e. The first-order valence-electron chi connectivity index (χ1n) is 6.64. The Labute approximate surface area is 117 Å². The molecule has 0 aliphatic carbocycles. The van der Waals surface area contributed by atoms with Gasteiger partial charge in [0.15, 0.2) is 0 Å². The fraction of sp³-hybridized carbons (Fsp3) is 0.500. The Morgan fingerprint density at radius 1 is 1.45 bits per heavy atom. The van der Waals surface area contributed by atoms with Gasteiger partial charge in [-0.25, -0.2) is 4.79 Å². The Bertz CT molecular complexity index is 536. The Balaban J connectivity index is 2.68. The molecule has 0 aliphatic heterocycles. The van der Waals surface area contributed by atoms with E-state index in [2.05, 4.69) is 5.32 Å². The van der Waals surface area contributed by atoms with Crippen LogP contribution in [0.4, 0.5) is 0 Å². The van der Waals surface area contributed by atoms with Crippen LogP contribution in [0.25, 0.3) is 0 Å². The summed E-state index contributed by atoms with van der Waals surface area (Å²) in [5.41, 5.74) is 0.296. The molecule has 0 spiro atoms. The molecular formula is C14H20N2O4. The van der Waals surface area contributed by atoms with Crippen LogP contribution in [0.15, 0.2) is 23.1 Å². The standard InChI is InChI=1S/C14H20N2O4/c1-3-4-7-11(14(19)20)15-12(17)9-16-8-5-6-10(2)13(16)18/h5-6,8,11H,3-4,7,9H2,1-2H3,(H,15,17)(H,19,20). The number of hydrogen-bond donors (Lipinski definition) is 2. The summed E-state index contributed by atoms with van der Waals surface area (Å²) in [4.78, 5) is 34.6. The van der Waals surface area contributed by atoms with Crippen molar-refractivity contribution in [2.75, 3.05) is 0 Å². The molecule has 1 rings (SSSR count). The van der Waals surface area contributed by atoms with Gasteiger partial charge in [-0.1, -0.05) is 25.8 Å². The summed E-state index contributed by atoms with van der Waals surface area (Å²) < 4.78 is 1.27. The normalized spacial score (nSPS) is 11.9. The molecule has 1 unspecified atom stereocenters. The van der Waals surface area contributed by atoms with Crippen molar-refractivity contribution < 1.29 is 14.7 Å². The first-order chi connectivity index (χ1) is 9.45. The summed E-state index contributed by atoms with van der Waals surface area (Å²) in [5, 5.41) is 11.5. The lowest BCUT2D eigenvalue weighted by Crippen LogP contribution is -2.43. The van der Waals surface area contributed by atoms with Crippen LogP contribution in [0.5, 0.6) is 0 Å². The second kappa shape index (κ2) is 7.47. The molecule has 0 fully saturated rings. The molecule has 2 N–H and O–H groups in total. The Morgan fingerprint density at radius 2 is 2.15 bits per heavy atom. The van der Waals surface area contributed by atoms with Crippen LogP contribution < -0.4 is 10.9 Å². The number of carboxylic acids is 1. The highest BCUT2D eigenvalue weighted by atomic mass is 16.4. The molecule has 6 nitrogen and oxygen atoms in total. The second-order valence-electron chi connectivity index (χ2n) is 4.72. The topological polar surface area (TPSA) is 88.4 Å². The third kappa shape index (κ3) is 4.53. The number of unbranched alkanes of at least 4 members (excludes halogenated alkanes) is 1. The predicted octanol–water partition coefficient (Wildman–Crippen LogP) is 0.916. The average molecular weight is 280 g/mol. The molecule has 110 valence electrons. The van der Waals surface area contributed by atoms with Gasteiger partial charge in [-0.2, -0.15) is 0 Å². The number of rotatable bonds is 7. The Hall–Kier alpha value is -2.11. The highest BCUT2D eigenvalue weighted by Gasteiger charge is 2.19. The van der Waals surface area contributed by atoms with E-state index in [-0.39, 0.29) is 12.1 Å². The number of carbonyl (C=O) groups excluding carboxylic acids is 1. The van der Waals surface area contributed by atoms with Crippen molar-refractivity contribution >= 4 is 11.9 Å². The minimum absolute atomic E-state index is 0.170. The molecule has 0 radical (unpaired) electrons. The third-order valence-corrected chi connectivity index (χ3v) is 3.00. The molecule has 1 aromatic rings. The van der Waals surface area contributed by atoms with E-state index in [0.717, 1.165) is 12.8 Å². The van der Waals surface area contributed by atoms with E-state index in [1.165, 1.54) is 10.8 Å². The number of amides is 1. The first kappa shape index (κ1) is 15.9. The fourth-order valence-electron chi connectivity index (χ4n) is 1.84. The number of aromatic nitrogens is 1. The Kier molecular flexibility index (Phi) is 5.96. The van der Waals surface area contributed by atoms with Crippen LogP contribution >= 0.6 is 0 Å². The van der Waals surface area contributed by atoms with Gasteiger partial charge in [-0.05, 0) is 19.4 Å². The van der Waals surface area contributed by atoms with Gasteiger partial charge >= 0.3 is 5.97 Å². The molecular weight excluding hydrogens is 260 g/mol. The number of carboxylic acid groups (broad SMARTS) is 1. The average Bonchev–Trinajstić information content (AvgIpc) is 2.39. The van der Waals surface area contributed by atoms with Crippen LogP contribution in [0.3, 0.4) is 0 Å². The van der Waals surface area contributed by atoms with Crippen molar-refractivity contribution in [3.8, 4) is 0 Å². The summed E-state index contributed by atoms with van der Waals surface area (Å²) in [6.45, 7) is 3.45. The molecule has 20 heavy (non-hydrogen) atoms. The number of aryl methyl sites for hydroxylation is 1. The molecule has 0 aliphatic rings. The SMILES string of the molecule is CCCCC(NC(=O)Cn1cccc(C)c1=O)C(=O)O. The van der Waals surface area contributed by atoms with Crippen LogP contribution in [-0.4, -0.2) is 27.6 Å². The molecule has 6 heteroatoms. The maximum absolute atomic E-state index is 11.8. The van der Waals surface area contributed by atoms with Gasteiger partial charge < -0.3 is 15.0 Å². The summed E-state index contributed by atoms with van der Waals surface area (Å²) in [7, 11) is 0. The fourth-order valence-corrected chi connectivity index (χ4v) is 1.84. The van der Waals surface area contributed by atoms with E-state index in [0.29, 0.717) is 12.0 Å². The third-order valence-electron chi connectivity index (χ3n) is 3.00. The van der Waals surface area contributed by atoms with Gasteiger partial charge in [-0.3, -0.25) is 9.59 Å². The van der Waals surface area contributed by atoms with Gasteiger partial charge in [0.05, 0.1) is 0 Å². The quantitative estimate of drug-likeness (QED) is 0.777. The lowest BCUT2D eigenvalue weighted by molar-refractivity contribution is -0.142. The zero-order chi connectivity index (χ0) is 15.1. The van der Waals surface area contributed by atoms with E-state index >= 15 is 0 Å². The lowest BCUT2D eigenvalue weighted by atomic mass is 10.1. The number of nitrogens with one attached hydrogen (secondary N) is 1. The van der Waals surface area contributed by atoms with Gasteiger partial charge in [0.2, 0.25) is 5.91 Å². The van der Waals surface area contributed by atoms with Gasteiger partial charge in [0.25, 0.3) is 5.56 Å². The van der Waals surface area contributed by atoms with E-state index < -0.39 is 17.9 Å². The van der Waals surface area contributed by atoms with Crippen molar-refractivity contribution in [2.24, 2.45) is 0 Å². The Morgan fingerprint density at radius 3 is 2.75 bits per heavy atom. The molecule has 1 heterocycles. The maximum Gasteiger partial charge on any atom is 0.326 e. The smallest absolute Gasteiger partial charge is 0.326 e. The molecule has 1 aromatic heterocycles. The molecule has 0 saturated heterocycles. The number of nitrogens with zero attached hydrogens (tertiary/aromatic N) is 1. The van der Waals surface area contributed by atoms with Crippen LogP contribution in [0.2, 0.25) is 0 Å². The highest BCUT2D eigenvalue weighted by Crippen LogP contribution is 2.01. The van der Waals surface area contributed by atoms with Gasteiger partial charge in [0, 0.05) is 11.8 Å². The maximum atomic E-state index is 11.8. The molecule has 0 bridgehead atoms. The summed E-state index contributed by atoms with van der Waals surface area (Å²) in [6, 6.07) is 2.44. The monoisotopic (exact) mass is 280 g/mol. The minimum Gasteiger partial charge on any atom is -0.480 e. The van der Waals surface area contributed by atoms with Crippen molar-refractivity contribution in [3.63, 3.8) is 0 Å². The van der Waals surface area contributed by atoms with Crippen LogP contribution in [0, 0.1) is 6.92 Å². The van der Waals surface area contributed by atoms with E-state index in [1.807, 2.05) is 6.92 Å². The number of pyridine rings is 1.